The second-order valence-corrected chi connectivity index (χ2v) is 7.06. The van der Waals surface area contributed by atoms with Crippen LogP contribution in [0.3, 0.4) is 0 Å². The Kier molecular flexibility index (Phi) is 6.13. The molecule has 128 valence electrons. The molecule has 3 aromatic carbocycles. The van der Waals surface area contributed by atoms with Crippen molar-refractivity contribution in [2.24, 2.45) is 0 Å². The van der Waals surface area contributed by atoms with Crippen LogP contribution in [0.2, 0.25) is 0 Å². The van der Waals surface area contributed by atoms with Gasteiger partial charge in [-0.25, -0.2) is 4.79 Å². The molecule has 3 rings (SSSR count). The SMILES string of the molecule is CCCCCSc1ccc(OC(=O)c2ccccc2)c2ccccc12. The van der Waals surface area contributed by atoms with E-state index in [2.05, 4.69) is 19.1 Å². The highest BCUT2D eigenvalue weighted by Crippen LogP contribution is 2.34. The molecule has 0 aliphatic heterocycles. The number of thioether (sulfide) groups is 1. The number of carbonyl (C=O) groups is 1. The van der Waals surface area contributed by atoms with Crippen molar-refractivity contribution < 1.29 is 9.53 Å². The summed E-state index contributed by atoms with van der Waals surface area (Å²) in [5, 5.41) is 2.12. The quantitative estimate of drug-likeness (QED) is 0.215. The molecule has 0 aliphatic carbocycles. The number of hydrogen-bond donors (Lipinski definition) is 0. The molecule has 0 atom stereocenters. The monoisotopic (exact) mass is 350 g/mol. The fraction of sp³-hybridized carbons (Fsp3) is 0.227. The first-order valence-electron chi connectivity index (χ1n) is 8.71. The highest BCUT2D eigenvalue weighted by molar-refractivity contribution is 7.99. The summed E-state index contributed by atoms with van der Waals surface area (Å²) in [6.45, 7) is 2.22. The summed E-state index contributed by atoms with van der Waals surface area (Å²) >= 11 is 1.87. The fourth-order valence-corrected chi connectivity index (χ4v) is 3.79. The van der Waals surface area contributed by atoms with Crippen LogP contribution in [0.25, 0.3) is 10.8 Å². The van der Waals surface area contributed by atoms with E-state index in [-0.39, 0.29) is 5.97 Å². The molecule has 0 saturated carbocycles. The van der Waals surface area contributed by atoms with Crippen molar-refractivity contribution in [3.63, 3.8) is 0 Å². The molecule has 3 heteroatoms. The first-order chi connectivity index (χ1) is 12.3. The molecular weight excluding hydrogens is 328 g/mol. The average molecular weight is 350 g/mol. The molecule has 0 amide bonds. The third kappa shape index (κ3) is 4.43. The molecule has 25 heavy (non-hydrogen) atoms. The minimum atomic E-state index is -0.325. The van der Waals surface area contributed by atoms with Crippen LogP contribution in [-0.2, 0) is 0 Å². The molecule has 0 spiro atoms. The normalized spacial score (nSPS) is 10.8. The summed E-state index contributed by atoms with van der Waals surface area (Å²) in [5.74, 6) is 1.40. The van der Waals surface area contributed by atoms with Crippen LogP contribution in [0.15, 0.2) is 71.6 Å². The van der Waals surface area contributed by atoms with E-state index in [1.807, 2.05) is 54.2 Å². The third-order valence-corrected chi connectivity index (χ3v) is 5.22. The maximum absolute atomic E-state index is 12.4. The highest BCUT2D eigenvalue weighted by Gasteiger charge is 2.12. The summed E-state index contributed by atoms with van der Waals surface area (Å²) in [4.78, 5) is 13.6. The fourth-order valence-electron chi connectivity index (χ4n) is 2.73. The molecule has 0 radical (unpaired) electrons. The van der Waals surface area contributed by atoms with Crippen molar-refractivity contribution in [3.05, 3.63) is 72.3 Å². The molecule has 0 fully saturated rings. The van der Waals surface area contributed by atoms with Crippen LogP contribution >= 0.6 is 11.8 Å². The van der Waals surface area contributed by atoms with Gasteiger partial charge < -0.3 is 4.74 Å². The van der Waals surface area contributed by atoms with Crippen LogP contribution in [0, 0.1) is 0 Å². The number of fused-ring (bicyclic) bond motifs is 1. The Hall–Kier alpha value is -2.26. The van der Waals surface area contributed by atoms with Crippen LogP contribution < -0.4 is 4.74 Å². The molecule has 0 N–H and O–H groups in total. The Labute approximate surface area is 153 Å². The topological polar surface area (TPSA) is 26.3 Å². The van der Waals surface area contributed by atoms with Crippen molar-refractivity contribution in [2.45, 2.75) is 31.1 Å². The van der Waals surface area contributed by atoms with Gasteiger partial charge in [-0.2, -0.15) is 0 Å². The van der Waals surface area contributed by atoms with E-state index in [0.29, 0.717) is 11.3 Å². The van der Waals surface area contributed by atoms with Crippen LogP contribution in [-0.4, -0.2) is 11.7 Å². The molecule has 0 aromatic heterocycles. The number of unbranched alkanes of at least 4 members (excludes halogenated alkanes) is 2. The molecule has 0 bridgehead atoms. The van der Waals surface area contributed by atoms with Crippen molar-refractivity contribution >= 4 is 28.5 Å². The predicted molar refractivity (Wildman–Crippen MR) is 106 cm³/mol. The van der Waals surface area contributed by atoms with Gasteiger partial charge in [0.05, 0.1) is 5.56 Å². The number of carbonyl (C=O) groups excluding carboxylic acids is 1. The second kappa shape index (κ2) is 8.72. The summed E-state index contributed by atoms with van der Waals surface area (Å²) in [5.41, 5.74) is 0.560. The predicted octanol–water partition coefficient (Wildman–Crippen LogP) is 6.34. The first-order valence-corrected chi connectivity index (χ1v) is 9.70. The Morgan fingerprint density at radius 3 is 2.36 bits per heavy atom. The van der Waals surface area contributed by atoms with Gasteiger partial charge in [0.15, 0.2) is 0 Å². The van der Waals surface area contributed by atoms with E-state index >= 15 is 0 Å². The molecule has 3 aromatic rings. The Bertz CT molecular complexity index is 843. The van der Waals surface area contributed by atoms with Gasteiger partial charge >= 0.3 is 5.97 Å². The van der Waals surface area contributed by atoms with E-state index < -0.39 is 0 Å². The molecule has 0 aliphatic rings. The first kappa shape index (κ1) is 17.6. The maximum atomic E-state index is 12.4. The molecule has 0 unspecified atom stereocenters. The van der Waals surface area contributed by atoms with Crippen LogP contribution in [0.5, 0.6) is 5.75 Å². The number of rotatable bonds is 7. The molecule has 0 saturated heterocycles. The van der Waals surface area contributed by atoms with Crippen molar-refractivity contribution in [1.29, 1.82) is 0 Å². The van der Waals surface area contributed by atoms with E-state index in [0.717, 1.165) is 16.5 Å². The van der Waals surface area contributed by atoms with Crippen LogP contribution in [0.4, 0.5) is 0 Å². The zero-order valence-electron chi connectivity index (χ0n) is 14.4. The lowest BCUT2D eigenvalue weighted by Crippen LogP contribution is -2.08. The van der Waals surface area contributed by atoms with E-state index in [9.17, 15) is 4.79 Å². The molecular formula is C22H22O2S. The summed E-state index contributed by atoms with van der Waals surface area (Å²) < 4.78 is 5.66. The maximum Gasteiger partial charge on any atom is 0.343 e. The van der Waals surface area contributed by atoms with Gasteiger partial charge in [0.25, 0.3) is 0 Å². The lowest BCUT2D eigenvalue weighted by atomic mass is 10.1. The zero-order chi connectivity index (χ0) is 17.5. The smallest absolute Gasteiger partial charge is 0.343 e. The number of benzene rings is 3. The Balaban J connectivity index is 1.84. The van der Waals surface area contributed by atoms with Crippen molar-refractivity contribution in [2.75, 3.05) is 5.75 Å². The average Bonchev–Trinajstić information content (AvgIpc) is 2.67. The molecule has 0 heterocycles. The number of hydrogen-bond acceptors (Lipinski definition) is 3. The summed E-state index contributed by atoms with van der Waals surface area (Å²) in [6, 6.07) is 21.2. The van der Waals surface area contributed by atoms with Gasteiger partial charge in [-0.1, -0.05) is 62.2 Å². The molecule has 2 nitrogen and oxygen atoms in total. The van der Waals surface area contributed by atoms with Crippen molar-refractivity contribution in [3.8, 4) is 5.75 Å². The largest absolute Gasteiger partial charge is 0.422 e. The Morgan fingerprint density at radius 2 is 1.60 bits per heavy atom. The second-order valence-electron chi connectivity index (χ2n) is 5.92. The van der Waals surface area contributed by atoms with Crippen LogP contribution in [0.1, 0.15) is 36.5 Å². The minimum absolute atomic E-state index is 0.325. The lowest BCUT2D eigenvalue weighted by molar-refractivity contribution is 0.0737. The summed E-state index contributed by atoms with van der Waals surface area (Å²) in [6.07, 6.45) is 3.72. The van der Waals surface area contributed by atoms with Gasteiger partial charge in [-0.05, 0) is 41.8 Å². The van der Waals surface area contributed by atoms with E-state index in [4.69, 9.17) is 4.74 Å². The van der Waals surface area contributed by atoms with E-state index in [1.165, 1.54) is 24.2 Å². The van der Waals surface area contributed by atoms with E-state index in [1.54, 1.807) is 12.1 Å². The number of esters is 1. The van der Waals surface area contributed by atoms with Gasteiger partial charge in [0.2, 0.25) is 0 Å². The summed E-state index contributed by atoms with van der Waals surface area (Å²) in [7, 11) is 0. The lowest BCUT2D eigenvalue weighted by Gasteiger charge is -2.11. The number of ether oxygens (including phenoxy) is 1. The van der Waals surface area contributed by atoms with Crippen molar-refractivity contribution in [1.82, 2.24) is 0 Å². The van der Waals surface area contributed by atoms with Gasteiger partial charge in [-0.15, -0.1) is 11.8 Å². The highest BCUT2D eigenvalue weighted by atomic mass is 32.2. The zero-order valence-corrected chi connectivity index (χ0v) is 15.2. The van der Waals surface area contributed by atoms with Gasteiger partial charge in [0, 0.05) is 10.3 Å². The standard InChI is InChI=1S/C22H22O2S/c1-2-3-9-16-25-21-15-14-20(18-12-7-8-13-19(18)21)24-22(23)17-10-5-4-6-11-17/h4-8,10-15H,2-3,9,16H2,1H3. The van der Waals surface area contributed by atoms with Gasteiger partial charge in [0.1, 0.15) is 5.75 Å². The van der Waals surface area contributed by atoms with Gasteiger partial charge in [-0.3, -0.25) is 0 Å². The minimum Gasteiger partial charge on any atom is -0.422 e. The third-order valence-electron chi connectivity index (χ3n) is 4.06. The Morgan fingerprint density at radius 1 is 0.880 bits per heavy atom.